The van der Waals surface area contributed by atoms with Crippen molar-refractivity contribution in [1.82, 2.24) is 0 Å². The van der Waals surface area contributed by atoms with Gasteiger partial charge in [0.1, 0.15) is 0 Å². The summed E-state index contributed by atoms with van der Waals surface area (Å²) in [5, 5.41) is 0. The van der Waals surface area contributed by atoms with E-state index in [4.69, 9.17) is 34.8 Å². The number of alkyl halides is 3. The highest BCUT2D eigenvalue weighted by molar-refractivity contribution is 6.51. The van der Waals surface area contributed by atoms with E-state index in [1.165, 1.54) is 0 Å². The van der Waals surface area contributed by atoms with Crippen LogP contribution in [-0.2, 0) is 4.33 Å². The Morgan fingerprint density at radius 3 is 2.27 bits per heavy atom. The van der Waals surface area contributed by atoms with Crippen molar-refractivity contribution in [2.24, 2.45) is 0 Å². The average molecular weight is 208 g/mol. The van der Waals surface area contributed by atoms with E-state index in [1.807, 2.05) is 0 Å². The molecule has 0 aliphatic heterocycles. The van der Waals surface area contributed by atoms with Gasteiger partial charge in [0.2, 0.25) is 0 Å². The predicted molar refractivity (Wildman–Crippen MR) is 49.4 cm³/mol. The van der Waals surface area contributed by atoms with E-state index in [2.05, 4.69) is 6.07 Å². The third-order valence-corrected chi connectivity index (χ3v) is 2.69. The van der Waals surface area contributed by atoms with Crippen molar-refractivity contribution in [3.05, 3.63) is 35.9 Å². The number of rotatable bonds is 2. The highest BCUT2D eigenvalue weighted by Crippen LogP contribution is 2.34. The zero-order chi connectivity index (χ0) is 8.32. The molecule has 0 aromatic heterocycles. The van der Waals surface area contributed by atoms with Crippen LogP contribution in [0.2, 0.25) is 0 Å². The molecule has 0 bridgehead atoms. The first-order valence-electron chi connectivity index (χ1n) is 3.07. The molecular formula is C8H6Cl3. The molecule has 1 rings (SSSR count). The van der Waals surface area contributed by atoms with Gasteiger partial charge < -0.3 is 0 Å². The zero-order valence-corrected chi connectivity index (χ0v) is 7.92. The molecule has 0 nitrogen and oxygen atoms in total. The summed E-state index contributed by atoms with van der Waals surface area (Å²) in [6.07, 6.45) is 0. The molecule has 3 heteroatoms. The second-order valence-corrected chi connectivity index (χ2v) is 3.88. The molecule has 0 fully saturated rings. The lowest BCUT2D eigenvalue weighted by Gasteiger charge is -2.15. The average Bonchev–Trinajstić information content (AvgIpc) is 2.06. The lowest BCUT2D eigenvalue weighted by atomic mass is 10.2. The minimum atomic E-state index is -0.976. The summed E-state index contributed by atoms with van der Waals surface area (Å²) < 4.78 is -0.976. The third-order valence-electron chi connectivity index (χ3n) is 1.31. The maximum absolute atomic E-state index is 5.87. The zero-order valence-electron chi connectivity index (χ0n) is 5.65. The van der Waals surface area contributed by atoms with Crippen LogP contribution in [0.1, 0.15) is 5.56 Å². The number of benzene rings is 1. The Hall–Kier alpha value is 0.0900. The molecule has 0 atom stereocenters. The predicted octanol–water partition coefficient (Wildman–Crippen LogP) is 3.36. The van der Waals surface area contributed by atoms with Gasteiger partial charge >= 0.3 is 0 Å². The first-order chi connectivity index (χ1) is 5.17. The van der Waals surface area contributed by atoms with Crippen molar-refractivity contribution >= 4 is 34.8 Å². The molecule has 1 radical (unpaired) electrons. The molecule has 0 aliphatic rings. The van der Waals surface area contributed by atoms with Gasteiger partial charge in [-0.1, -0.05) is 47.5 Å². The van der Waals surface area contributed by atoms with Gasteiger partial charge in [-0.2, -0.15) is 0 Å². The minimum Gasteiger partial charge on any atom is -0.123 e. The molecule has 1 aromatic rings. The quantitative estimate of drug-likeness (QED) is 0.654. The van der Waals surface area contributed by atoms with Crippen molar-refractivity contribution in [3.63, 3.8) is 0 Å². The Kier molecular flexibility index (Phi) is 3.06. The van der Waals surface area contributed by atoms with Gasteiger partial charge in [0, 0.05) is 0 Å². The van der Waals surface area contributed by atoms with Gasteiger partial charge in [0.15, 0.2) is 4.33 Å². The fourth-order valence-corrected chi connectivity index (χ4v) is 1.11. The maximum atomic E-state index is 5.87. The Morgan fingerprint density at radius 2 is 1.82 bits per heavy atom. The monoisotopic (exact) mass is 207 g/mol. The lowest BCUT2D eigenvalue weighted by Crippen LogP contribution is -2.11. The van der Waals surface area contributed by atoms with E-state index < -0.39 is 4.33 Å². The van der Waals surface area contributed by atoms with Crippen LogP contribution in [0.25, 0.3) is 0 Å². The Labute approximate surface area is 81.1 Å². The summed E-state index contributed by atoms with van der Waals surface area (Å²) in [6.45, 7) is 0. The Balaban J connectivity index is 2.93. The van der Waals surface area contributed by atoms with Crippen LogP contribution in [-0.4, -0.2) is 5.88 Å². The highest BCUT2D eigenvalue weighted by atomic mass is 35.5. The summed E-state index contributed by atoms with van der Waals surface area (Å²) in [7, 11) is 0. The lowest BCUT2D eigenvalue weighted by molar-refractivity contribution is 0.986. The second-order valence-electron chi connectivity index (χ2n) is 2.13. The Morgan fingerprint density at radius 1 is 1.27 bits per heavy atom. The fraction of sp³-hybridized carbons (Fsp3) is 0.250. The van der Waals surface area contributed by atoms with E-state index in [0.29, 0.717) is 0 Å². The molecule has 1 aromatic carbocycles. The molecule has 0 saturated heterocycles. The van der Waals surface area contributed by atoms with Crippen LogP contribution in [0.4, 0.5) is 0 Å². The molecule has 0 amide bonds. The van der Waals surface area contributed by atoms with E-state index in [0.717, 1.165) is 5.56 Å². The maximum Gasteiger partial charge on any atom is 0.156 e. The van der Waals surface area contributed by atoms with Gasteiger partial charge in [-0.15, -0.1) is 11.6 Å². The molecule has 0 spiro atoms. The second kappa shape index (κ2) is 3.66. The smallest absolute Gasteiger partial charge is 0.123 e. The van der Waals surface area contributed by atoms with Crippen molar-refractivity contribution in [3.8, 4) is 0 Å². The minimum absolute atomic E-state index is 0.181. The number of halogens is 3. The summed E-state index contributed by atoms with van der Waals surface area (Å²) in [5.74, 6) is 0.181. The van der Waals surface area contributed by atoms with E-state index in [-0.39, 0.29) is 5.88 Å². The highest BCUT2D eigenvalue weighted by Gasteiger charge is 2.24. The molecule has 0 saturated carbocycles. The topological polar surface area (TPSA) is 0 Å². The van der Waals surface area contributed by atoms with Crippen molar-refractivity contribution in [1.29, 1.82) is 0 Å². The molecule has 0 heterocycles. The number of hydrogen-bond acceptors (Lipinski definition) is 0. The van der Waals surface area contributed by atoms with Crippen LogP contribution in [0.3, 0.4) is 0 Å². The van der Waals surface area contributed by atoms with E-state index >= 15 is 0 Å². The summed E-state index contributed by atoms with van der Waals surface area (Å²) in [5.41, 5.74) is 0.801. The largest absolute Gasteiger partial charge is 0.156 e. The van der Waals surface area contributed by atoms with Crippen molar-refractivity contribution in [2.75, 3.05) is 5.88 Å². The fourth-order valence-electron chi connectivity index (χ4n) is 0.708. The SMILES string of the molecule is ClCC(Cl)(Cl)c1cc[c]cc1. The third kappa shape index (κ3) is 2.26. The summed E-state index contributed by atoms with van der Waals surface area (Å²) in [6, 6.07) is 9.96. The van der Waals surface area contributed by atoms with Crippen molar-refractivity contribution in [2.45, 2.75) is 4.33 Å². The molecule has 0 unspecified atom stereocenters. The van der Waals surface area contributed by atoms with Crippen LogP contribution in [0.5, 0.6) is 0 Å². The van der Waals surface area contributed by atoms with Gasteiger partial charge in [-0.25, -0.2) is 0 Å². The first-order valence-corrected chi connectivity index (χ1v) is 4.36. The molecule has 0 aliphatic carbocycles. The van der Waals surface area contributed by atoms with Crippen LogP contribution in [0, 0.1) is 6.07 Å². The molecule has 59 valence electrons. The molecule has 11 heavy (non-hydrogen) atoms. The normalized spacial score (nSPS) is 11.5. The van der Waals surface area contributed by atoms with E-state index in [9.17, 15) is 0 Å². The first kappa shape index (κ1) is 9.18. The summed E-state index contributed by atoms with van der Waals surface area (Å²) >= 11 is 17.3. The molecular weight excluding hydrogens is 202 g/mol. The van der Waals surface area contributed by atoms with Gasteiger partial charge in [0.05, 0.1) is 5.88 Å². The van der Waals surface area contributed by atoms with Gasteiger partial charge in [0.25, 0.3) is 0 Å². The van der Waals surface area contributed by atoms with Crippen LogP contribution in [0.15, 0.2) is 24.3 Å². The standard InChI is InChI=1S/C8H6Cl3/c9-6-8(10,11)7-4-2-1-3-5-7/h2-5H,6H2. The van der Waals surface area contributed by atoms with E-state index in [1.54, 1.807) is 24.3 Å². The summed E-state index contributed by atoms with van der Waals surface area (Å²) in [4.78, 5) is 0. The molecule has 0 N–H and O–H groups in total. The van der Waals surface area contributed by atoms with Crippen LogP contribution >= 0.6 is 34.8 Å². The van der Waals surface area contributed by atoms with Gasteiger partial charge in [-0.3, -0.25) is 0 Å². The Bertz CT molecular complexity index is 218. The van der Waals surface area contributed by atoms with Crippen LogP contribution < -0.4 is 0 Å². The van der Waals surface area contributed by atoms with Gasteiger partial charge in [-0.05, 0) is 11.6 Å². The number of hydrogen-bond donors (Lipinski definition) is 0. The van der Waals surface area contributed by atoms with Crippen molar-refractivity contribution < 1.29 is 0 Å².